The zero-order chi connectivity index (χ0) is 9.84. The molecule has 1 rings (SSSR count). The standard InChI is InChI=1S/C8H7O4P.Li.H/c9-7(10)13(8(11)12)6-4-2-1-3-5-6;;/h1-5H,(H,9,10)(H,11,12);;/q;+1;-1. The second kappa shape index (κ2) is 5.82. The molecule has 0 spiro atoms. The molecule has 1 aromatic carbocycles. The van der Waals surface area contributed by atoms with E-state index in [9.17, 15) is 9.59 Å². The van der Waals surface area contributed by atoms with Crippen LogP contribution < -0.4 is 24.2 Å². The zero-order valence-electron chi connectivity index (χ0n) is 8.54. The summed E-state index contributed by atoms with van der Waals surface area (Å²) in [6, 6.07) is 7.97. The van der Waals surface area contributed by atoms with Crippen LogP contribution in [0.15, 0.2) is 30.3 Å². The summed E-state index contributed by atoms with van der Waals surface area (Å²) < 4.78 is 0. The molecule has 0 atom stereocenters. The molecule has 0 unspecified atom stereocenters. The fourth-order valence-electron chi connectivity index (χ4n) is 0.880. The van der Waals surface area contributed by atoms with Gasteiger partial charge in [-0.2, -0.15) is 0 Å². The topological polar surface area (TPSA) is 74.6 Å². The van der Waals surface area contributed by atoms with Gasteiger partial charge in [0, 0.05) is 0 Å². The molecular weight excluding hydrogens is 198 g/mol. The predicted octanol–water partition coefficient (Wildman–Crippen LogP) is -0.734. The summed E-state index contributed by atoms with van der Waals surface area (Å²) in [5, 5.41) is 17.6. The SMILES string of the molecule is O=C(O)P(C(=O)O)c1ccccc1.[H-].[Li+]. The van der Waals surface area contributed by atoms with Crippen molar-refractivity contribution in [3.05, 3.63) is 30.3 Å². The zero-order valence-corrected chi connectivity index (χ0v) is 8.44. The average molecular weight is 206 g/mol. The van der Waals surface area contributed by atoms with E-state index in [4.69, 9.17) is 10.2 Å². The van der Waals surface area contributed by atoms with Crippen LogP contribution in [-0.4, -0.2) is 21.6 Å². The molecule has 0 bridgehead atoms. The Morgan fingerprint density at radius 2 is 1.50 bits per heavy atom. The molecule has 14 heavy (non-hydrogen) atoms. The van der Waals surface area contributed by atoms with Crippen molar-refractivity contribution in [1.82, 2.24) is 0 Å². The molecule has 1 aromatic rings. The van der Waals surface area contributed by atoms with Gasteiger partial charge in [-0.25, -0.2) is 9.59 Å². The molecule has 0 aromatic heterocycles. The van der Waals surface area contributed by atoms with Crippen molar-refractivity contribution in [2.75, 3.05) is 0 Å². The van der Waals surface area contributed by atoms with E-state index < -0.39 is 19.3 Å². The number of hydrogen-bond acceptors (Lipinski definition) is 2. The van der Waals surface area contributed by atoms with Crippen LogP contribution in [0.25, 0.3) is 0 Å². The van der Waals surface area contributed by atoms with Crippen molar-refractivity contribution in [1.29, 1.82) is 0 Å². The molecule has 0 saturated carbocycles. The minimum absolute atomic E-state index is 0. The molecule has 0 radical (unpaired) electrons. The summed E-state index contributed by atoms with van der Waals surface area (Å²) in [5.41, 5.74) is -2.57. The number of carbonyl (C=O) groups is 2. The summed E-state index contributed by atoms with van der Waals surface area (Å²) in [4.78, 5) is 21.2. The summed E-state index contributed by atoms with van der Waals surface area (Å²) in [6.45, 7) is 0. The maximum Gasteiger partial charge on any atom is 1.00 e. The van der Waals surface area contributed by atoms with E-state index in [-0.39, 0.29) is 20.3 Å². The predicted molar refractivity (Wildman–Crippen MR) is 50.2 cm³/mol. The van der Waals surface area contributed by atoms with Crippen molar-refractivity contribution in [2.45, 2.75) is 0 Å². The van der Waals surface area contributed by atoms with Gasteiger partial charge in [0.25, 0.3) is 0 Å². The van der Waals surface area contributed by atoms with Gasteiger partial charge < -0.3 is 11.6 Å². The van der Waals surface area contributed by atoms with Crippen LogP contribution in [0.3, 0.4) is 0 Å². The Labute approximate surface area is 95.4 Å². The van der Waals surface area contributed by atoms with Gasteiger partial charge in [-0.1, -0.05) is 30.3 Å². The van der Waals surface area contributed by atoms with Crippen molar-refractivity contribution >= 4 is 24.6 Å². The van der Waals surface area contributed by atoms with Crippen molar-refractivity contribution in [2.24, 2.45) is 0 Å². The third-order valence-electron chi connectivity index (χ3n) is 1.40. The van der Waals surface area contributed by atoms with Gasteiger partial charge in [-0.15, -0.1) is 0 Å². The molecule has 4 nitrogen and oxygen atoms in total. The van der Waals surface area contributed by atoms with Crippen LogP contribution in [0.1, 0.15) is 1.43 Å². The summed E-state index contributed by atoms with van der Waals surface area (Å²) >= 11 is 0. The van der Waals surface area contributed by atoms with Crippen LogP contribution in [-0.2, 0) is 0 Å². The molecule has 0 heterocycles. The van der Waals surface area contributed by atoms with Gasteiger partial charge in [0.2, 0.25) is 0 Å². The molecule has 6 heteroatoms. The quantitative estimate of drug-likeness (QED) is 0.504. The summed E-state index contributed by atoms with van der Waals surface area (Å²) in [6.07, 6.45) is 0. The smallest absolute Gasteiger partial charge is 1.00 e. The normalized spacial score (nSPS) is 9.21. The first-order valence-corrected chi connectivity index (χ1v) is 4.78. The van der Waals surface area contributed by atoms with Gasteiger partial charge in [0.1, 0.15) is 0 Å². The van der Waals surface area contributed by atoms with Gasteiger partial charge in [0.05, 0.1) is 0 Å². The van der Waals surface area contributed by atoms with Gasteiger partial charge in [0.15, 0.2) is 7.92 Å². The van der Waals surface area contributed by atoms with E-state index in [0.717, 1.165) is 0 Å². The van der Waals surface area contributed by atoms with Gasteiger partial charge in [-0.3, -0.25) is 0 Å². The average Bonchev–Trinajstić information content (AvgIpc) is 2.04. The Morgan fingerprint density at radius 3 is 1.86 bits per heavy atom. The molecule has 0 aliphatic rings. The molecule has 70 valence electrons. The van der Waals surface area contributed by atoms with Gasteiger partial charge in [-0.05, 0) is 5.30 Å². The summed E-state index contributed by atoms with van der Waals surface area (Å²) in [7, 11) is -2.14. The number of carboxylic acid groups (broad SMARTS) is 2. The molecule has 0 aliphatic carbocycles. The van der Waals surface area contributed by atoms with Crippen molar-refractivity contribution in [3.63, 3.8) is 0 Å². The van der Waals surface area contributed by atoms with Crippen LogP contribution in [0.4, 0.5) is 9.59 Å². The first-order valence-electron chi connectivity index (χ1n) is 3.44. The summed E-state index contributed by atoms with van der Waals surface area (Å²) in [5.74, 6) is 0. The maximum atomic E-state index is 10.6. The minimum Gasteiger partial charge on any atom is -1.00 e. The number of hydrogen-bond donors (Lipinski definition) is 2. The van der Waals surface area contributed by atoms with Crippen molar-refractivity contribution in [3.8, 4) is 0 Å². The van der Waals surface area contributed by atoms with Crippen LogP contribution in [0.5, 0.6) is 0 Å². The second-order valence-electron chi connectivity index (χ2n) is 2.24. The monoisotopic (exact) mass is 206 g/mol. The minimum atomic E-state index is -2.14. The Bertz CT molecular complexity index is 319. The van der Waals surface area contributed by atoms with E-state index in [1.807, 2.05) is 0 Å². The Morgan fingerprint density at radius 1 is 1.07 bits per heavy atom. The van der Waals surface area contributed by atoms with E-state index >= 15 is 0 Å². The second-order valence-corrected chi connectivity index (χ2v) is 4.19. The van der Waals surface area contributed by atoms with Crippen LogP contribution in [0, 0.1) is 0 Å². The van der Waals surface area contributed by atoms with Crippen LogP contribution in [0.2, 0.25) is 0 Å². The molecular formula is C8H8LiO4P. The maximum absolute atomic E-state index is 10.6. The van der Waals surface area contributed by atoms with Crippen LogP contribution >= 0.6 is 7.92 Å². The third-order valence-corrected chi connectivity index (χ3v) is 2.98. The molecule has 0 aliphatic heterocycles. The Balaban J connectivity index is 0. The van der Waals surface area contributed by atoms with E-state index in [0.29, 0.717) is 5.30 Å². The van der Waals surface area contributed by atoms with E-state index in [1.54, 1.807) is 18.2 Å². The molecule has 2 N–H and O–H groups in total. The first kappa shape index (κ1) is 13.2. The van der Waals surface area contributed by atoms with E-state index in [2.05, 4.69) is 0 Å². The van der Waals surface area contributed by atoms with Crippen molar-refractivity contribution < 1.29 is 40.1 Å². The number of rotatable bonds is 3. The van der Waals surface area contributed by atoms with E-state index in [1.165, 1.54) is 12.1 Å². The fraction of sp³-hybridized carbons (Fsp3) is 0. The number of benzene rings is 1. The Kier molecular flexibility index (Phi) is 5.48. The molecule has 0 amide bonds. The fourth-order valence-corrected chi connectivity index (χ4v) is 1.96. The largest absolute Gasteiger partial charge is 1.00 e. The molecule has 0 saturated heterocycles. The third kappa shape index (κ3) is 3.15. The first-order chi connectivity index (χ1) is 6.13. The molecule has 0 fully saturated rings. The Hall–Kier alpha value is -0.813. The van der Waals surface area contributed by atoms with Gasteiger partial charge >= 0.3 is 30.3 Å².